The highest BCUT2D eigenvalue weighted by Crippen LogP contribution is 2.22. The number of benzene rings is 1. The van der Waals surface area contributed by atoms with E-state index in [1.165, 1.54) is 6.26 Å². The monoisotopic (exact) mass is 342 g/mol. The predicted octanol–water partition coefficient (Wildman–Crippen LogP) is 1.93. The van der Waals surface area contributed by atoms with Gasteiger partial charge in [-0.15, -0.1) is 0 Å². The molecule has 2 atom stereocenters. The zero-order valence-corrected chi connectivity index (χ0v) is 14.1. The Labute approximate surface area is 146 Å². The van der Waals surface area contributed by atoms with Gasteiger partial charge in [0.05, 0.1) is 12.8 Å². The molecule has 6 nitrogen and oxygen atoms in total. The van der Waals surface area contributed by atoms with Crippen molar-refractivity contribution in [2.24, 2.45) is 0 Å². The van der Waals surface area contributed by atoms with Crippen molar-refractivity contribution in [3.05, 3.63) is 59.5 Å². The largest absolute Gasteiger partial charge is 0.467 e. The Kier molecular flexibility index (Phi) is 5.19. The number of carbonyl (C=O) groups is 2. The van der Waals surface area contributed by atoms with Gasteiger partial charge in [0.2, 0.25) is 11.8 Å². The number of likely N-dealkylation sites (tertiary alicyclic amines) is 1. The van der Waals surface area contributed by atoms with Gasteiger partial charge in [-0.3, -0.25) is 9.59 Å². The van der Waals surface area contributed by atoms with Crippen molar-refractivity contribution in [1.29, 1.82) is 0 Å². The molecule has 1 saturated heterocycles. The Balaban J connectivity index is 1.60. The molecule has 1 aromatic heterocycles. The second-order valence-corrected chi connectivity index (χ2v) is 6.34. The molecule has 2 heterocycles. The van der Waals surface area contributed by atoms with E-state index in [2.05, 4.69) is 5.32 Å². The minimum Gasteiger partial charge on any atom is -0.467 e. The van der Waals surface area contributed by atoms with E-state index in [1.54, 1.807) is 17.0 Å². The first-order chi connectivity index (χ1) is 12.0. The van der Waals surface area contributed by atoms with Crippen LogP contribution in [-0.4, -0.2) is 34.4 Å². The first-order valence-corrected chi connectivity index (χ1v) is 8.39. The summed E-state index contributed by atoms with van der Waals surface area (Å²) in [5.74, 6) is 0.134. The summed E-state index contributed by atoms with van der Waals surface area (Å²) < 4.78 is 5.11. The van der Waals surface area contributed by atoms with Gasteiger partial charge >= 0.3 is 0 Å². The number of furan rings is 1. The average Bonchev–Trinajstić information content (AvgIpc) is 3.25. The van der Waals surface area contributed by atoms with Gasteiger partial charge in [-0.25, -0.2) is 0 Å². The van der Waals surface area contributed by atoms with Gasteiger partial charge in [0.25, 0.3) is 0 Å². The third kappa shape index (κ3) is 4.09. The highest BCUT2D eigenvalue weighted by molar-refractivity contribution is 5.90. The van der Waals surface area contributed by atoms with Crippen LogP contribution in [0.5, 0.6) is 0 Å². The van der Waals surface area contributed by atoms with E-state index in [4.69, 9.17) is 4.42 Å². The number of aliphatic hydroxyl groups excluding tert-OH is 1. The van der Waals surface area contributed by atoms with Gasteiger partial charge in [-0.2, -0.15) is 0 Å². The summed E-state index contributed by atoms with van der Waals surface area (Å²) in [7, 11) is 0. The van der Waals surface area contributed by atoms with Gasteiger partial charge < -0.3 is 19.7 Å². The molecule has 1 aliphatic rings. The van der Waals surface area contributed by atoms with E-state index in [-0.39, 0.29) is 18.4 Å². The van der Waals surface area contributed by atoms with Crippen molar-refractivity contribution in [2.45, 2.75) is 38.5 Å². The van der Waals surface area contributed by atoms with Gasteiger partial charge in [0.15, 0.2) is 0 Å². The normalized spacial score (nSPS) is 18.4. The highest BCUT2D eigenvalue weighted by Gasteiger charge is 2.36. The molecule has 0 radical (unpaired) electrons. The maximum Gasteiger partial charge on any atom is 0.242 e. The van der Waals surface area contributed by atoms with Crippen LogP contribution in [0.2, 0.25) is 0 Å². The highest BCUT2D eigenvalue weighted by atomic mass is 16.4. The minimum absolute atomic E-state index is 0.0210. The molecule has 0 saturated carbocycles. The standard InChI is InChI=1S/C19H22N2O4/c1-13-4-6-14(7-5-13)12-21-15(8-9-18(21)23)19(24)20-11-16(22)17-3-2-10-25-17/h2-7,10,15-16,22H,8-9,11-12H2,1H3,(H,20,24). The third-order valence-corrected chi connectivity index (χ3v) is 4.45. The number of rotatable bonds is 6. The van der Waals surface area contributed by atoms with E-state index in [0.29, 0.717) is 25.1 Å². The molecule has 2 amide bonds. The van der Waals surface area contributed by atoms with E-state index < -0.39 is 12.1 Å². The molecule has 1 fully saturated rings. The molecule has 25 heavy (non-hydrogen) atoms. The van der Waals surface area contributed by atoms with Crippen molar-refractivity contribution < 1.29 is 19.1 Å². The van der Waals surface area contributed by atoms with Gasteiger partial charge in [0, 0.05) is 13.0 Å². The van der Waals surface area contributed by atoms with Crippen LogP contribution in [0.3, 0.4) is 0 Å². The number of amides is 2. The fourth-order valence-electron chi connectivity index (χ4n) is 2.99. The molecule has 2 aromatic rings. The van der Waals surface area contributed by atoms with E-state index in [1.807, 2.05) is 31.2 Å². The third-order valence-electron chi connectivity index (χ3n) is 4.45. The molecule has 2 N–H and O–H groups in total. The van der Waals surface area contributed by atoms with Crippen LogP contribution in [0.15, 0.2) is 47.1 Å². The number of aliphatic hydroxyl groups is 1. The second-order valence-electron chi connectivity index (χ2n) is 6.34. The lowest BCUT2D eigenvalue weighted by Gasteiger charge is -2.24. The van der Waals surface area contributed by atoms with E-state index >= 15 is 0 Å². The zero-order chi connectivity index (χ0) is 17.8. The SMILES string of the molecule is Cc1ccc(CN2C(=O)CCC2C(=O)NCC(O)c2ccco2)cc1. The first kappa shape index (κ1) is 17.2. The maximum atomic E-state index is 12.5. The molecular formula is C19H22N2O4. The summed E-state index contributed by atoms with van der Waals surface area (Å²) in [4.78, 5) is 26.3. The van der Waals surface area contributed by atoms with E-state index in [9.17, 15) is 14.7 Å². The number of nitrogens with zero attached hydrogens (tertiary/aromatic N) is 1. The summed E-state index contributed by atoms with van der Waals surface area (Å²) in [5, 5.41) is 12.7. The van der Waals surface area contributed by atoms with E-state index in [0.717, 1.165) is 11.1 Å². The van der Waals surface area contributed by atoms with Crippen molar-refractivity contribution in [3.63, 3.8) is 0 Å². The molecular weight excluding hydrogens is 320 g/mol. The van der Waals surface area contributed by atoms with Crippen molar-refractivity contribution in [1.82, 2.24) is 10.2 Å². The number of nitrogens with one attached hydrogen (secondary N) is 1. The molecule has 3 rings (SSSR count). The summed E-state index contributed by atoms with van der Waals surface area (Å²) in [6, 6.07) is 10.7. The lowest BCUT2D eigenvalue weighted by molar-refractivity contribution is -0.136. The predicted molar refractivity (Wildman–Crippen MR) is 91.4 cm³/mol. The summed E-state index contributed by atoms with van der Waals surface area (Å²) in [5.41, 5.74) is 2.15. The molecule has 6 heteroatoms. The molecule has 1 aromatic carbocycles. The number of hydrogen-bond acceptors (Lipinski definition) is 4. The lowest BCUT2D eigenvalue weighted by Crippen LogP contribution is -2.45. The molecule has 0 spiro atoms. The fraction of sp³-hybridized carbons (Fsp3) is 0.368. The Morgan fingerprint density at radius 3 is 2.80 bits per heavy atom. The molecule has 132 valence electrons. The Morgan fingerprint density at radius 2 is 2.12 bits per heavy atom. The Morgan fingerprint density at radius 1 is 1.36 bits per heavy atom. The molecule has 1 aliphatic heterocycles. The van der Waals surface area contributed by atoms with Crippen LogP contribution in [0.4, 0.5) is 0 Å². The van der Waals surface area contributed by atoms with Crippen molar-refractivity contribution in [2.75, 3.05) is 6.54 Å². The minimum atomic E-state index is -0.901. The molecule has 2 unspecified atom stereocenters. The number of aryl methyl sites for hydroxylation is 1. The fourth-order valence-corrected chi connectivity index (χ4v) is 2.99. The zero-order valence-electron chi connectivity index (χ0n) is 14.1. The average molecular weight is 342 g/mol. The van der Waals surface area contributed by atoms with Crippen molar-refractivity contribution >= 4 is 11.8 Å². The van der Waals surface area contributed by atoms with Crippen molar-refractivity contribution in [3.8, 4) is 0 Å². The summed E-state index contributed by atoms with van der Waals surface area (Å²) in [6.45, 7) is 2.47. The van der Waals surface area contributed by atoms with Gasteiger partial charge in [0.1, 0.15) is 17.9 Å². The number of carbonyl (C=O) groups excluding carboxylic acids is 2. The quantitative estimate of drug-likeness (QED) is 0.840. The van der Waals surface area contributed by atoms with Crippen LogP contribution in [0, 0.1) is 6.92 Å². The lowest BCUT2D eigenvalue weighted by atomic mass is 10.1. The Bertz CT molecular complexity index is 724. The van der Waals surface area contributed by atoms with Crippen LogP contribution in [0.1, 0.15) is 35.8 Å². The second kappa shape index (κ2) is 7.53. The maximum absolute atomic E-state index is 12.5. The van der Waals surface area contributed by atoms with Crippen LogP contribution >= 0.6 is 0 Å². The Hall–Kier alpha value is -2.60. The smallest absolute Gasteiger partial charge is 0.242 e. The summed E-state index contributed by atoms with van der Waals surface area (Å²) >= 11 is 0. The van der Waals surface area contributed by atoms with Crippen LogP contribution in [-0.2, 0) is 16.1 Å². The van der Waals surface area contributed by atoms with Gasteiger partial charge in [-0.1, -0.05) is 29.8 Å². The molecule has 0 bridgehead atoms. The topological polar surface area (TPSA) is 82.8 Å². The molecule has 0 aliphatic carbocycles. The van der Waals surface area contributed by atoms with Crippen LogP contribution in [0.25, 0.3) is 0 Å². The van der Waals surface area contributed by atoms with Crippen LogP contribution < -0.4 is 5.32 Å². The first-order valence-electron chi connectivity index (χ1n) is 8.39. The summed E-state index contributed by atoms with van der Waals surface area (Å²) in [6.07, 6.45) is 1.43. The van der Waals surface area contributed by atoms with Gasteiger partial charge in [-0.05, 0) is 31.0 Å². The number of hydrogen-bond donors (Lipinski definition) is 2.